The summed E-state index contributed by atoms with van der Waals surface area (Å²) in [6.07, 6.45) is 0.370. The van der Waals surface area contributed by atoms with Crippen molar-refractivity contribution in [2.24, 2.45) is 7.05 Å². The Labute approximate surface area is 137 Å². The van der Waals surface area contributed by atoms with E-state index in [0.29, 0.717) is 11.6 Å². The lowest BCUT2D eigenvalue weighted by Crippen LogP contribution is -2.43. The smallest absolute Gasteiger partial charge is 0.328 e. The molecule has 122 valence electrons. The number of nitrogens with one attached hydrogen (secondary N) is 1. The second kappa shape index (κ2) is 8.28. The Kier molecular flexibility index (Phi) is 6.10. The number of hydrogen-bond donors (Lipinski definition) is 1. The number of aromatic nitrogens is 4. The van der Waals surface area contributed by atoms with E-state index < -0.39 is 12.0 Å². The first-order valence-electron chi connectivity index (χ1n) is 6.86. The molecule has 1 atom stereocenters. The van der Waals surface area contributed by atoms with Gasteiger partial charge in [-0.25, -0.2) is 9.48 Å². The summed E-state index contributed by atoms with van der Waals surface area (Å²) in [7, 11) is 2.99. The molecule has 0 aliphatic rings. The van der Waals surface area contributed by atoms with Crippen LogP contribution in [-0.2, 0) is 27.8 Å². The maximum atomic E-state index is 12.1. The van der Waals surface area contributed by atoms with Crippen LogP contribution in [0.4, 0.5) is 0 Å². The zero-order chi connectivity index (χ0) is 16.7. The minimum Gasteiger partial charge on any atom is -0.467 e. The molecule has 0 bridgehead atoms. The number of aryl methyl sites for hydroxylation is 1. The van der Waals surface area contributed by atoms with Gasteiger partial charge in [-0.15, -0.1) is 5.10 Å². The average molecular weight is 335 g/mol. The lowest BCUT2D eigenvalue weighted by molar-refractivity contribution is -0.144. The van der Waals surface area contributed by atoms with Crippen molar-refractivity contribution in [3.63, 3.8) is 0 Å². The molecule has 0 spiro atoms. The Morgan fingerprint density at radius 2 is 2.09 bits per heavy atom. The van der Waals surface area contributed by atoms with Gasteiger partial charge in [-0.05, 0) is 16.0 Å². The first kappa shape index (κ1) is 16.9. The number of ether oxygens (including phenoxy) is 1. The molecular formula is C14H17N5O3S. The SMILES string of the molecule is COC(=O)[C@@H](Cc1ccccc1)NC(=O)CSc1nnnn1C. The maximum Gasteiger partial charge on any atom is 0.328 e. The third kappa shape index (κ3) is 5.06. The quantitative estimate of drug-likeness (QED) is 0.570. The number of esters is 1. The van der Waals surface area contributed by atoms with Gasteiger partial charge in [0.1, 0.15) is 6.04 Å². The Morgan fingerprint density at radius 1 is 1.35 bits per heavy atom. The molecule has 1 aromatic heterocycles. The van der Waals surface area contributed by atoms with Gasteiger partial charge in [0.15, 0.2) is 0 Å². The van der Waals surface area contributed by atoms with E-state index in [-0.39, 0.29) is 11.7 Å². The fraction of sp³-hybridized carbons (Fsp3) is 0.357. The van der Waals surface area contributed by atoms with Crippen LogP contribution in [0.2, 0.25) is 0 Å². The van der Waals surface area contributed by atoms with Gasteiger partial charge in [-0.3, -0.25) is 4.79 Å². The summed E-state index contributed by atoms with van der Waals surface area (Å²) in [6, 6.07) is 8.70. The van der Waals surface area contributed by atoms with Crippen LogP contribution in [0.15, 0.2) is 35.5 Å². The molecule has 1 amide bonds. The van der Waals surface area contributed by atoms with E-state index in [4.69, 9.17) is 4.74 Å². The van der Waals surface area contributed by atoms with E-state index in [9.17, 15) is 9.59 Å². The summed E-state index contributed by atoms with van der Waals surface area (Å²) in [5.41, 5.74) is 0.938. The normalized spacial score (nSPS) is 11.7. The summed E-state index contributed by atoms with van der Waals surface area (Å²) < 4.78 is 6.23. The zero-order valence-corrected chi connectivity index (χ0v) is 13.6. The van der Waals surface area contributed by atoms with Gasteiger partial charge in [0.05, 0.1) is 12.9 Å². The Balaban J connectivity index is 1.93. The molecule has 2 rings (SSSR count). The van der Waals surface area contributed by atoms with E-state index in [1.807, 2.05) is 30.3 Å². The van der Waals surface area contributed by atoms with Gasteiger partial charge in [-0.1, -0.05) is 42.1 Å². The fourth-order valence-corrected chi connectivity index (χ4v) is 2.56. The topological polar surface area (TPSA) is 99.0 Å². The third-order valence-corrected chi connectivity index (χ3v) is 4.03. The van der Waals surface area contributed by atoms with Crippen LogP contribution in [0.25, 0.3) is 0 Å². The van der Waals surface area contributed by atoms with E-state index in [0.717, 1.165) is 5.56 Å². The summed E-state index contributed by atoms with van der Waals surface area (Å²) in [5, 5.41) is 14.2. The van der Waals surface area contributed by atoms with Crippen molar-refractivity contribution in [3.8, 4) is 0 Å². The second-order valence-electron chi connectivity index (χ2n) is 4.71. The highest BCUT2D eigenvalue weighted by atomic mass is 32.2. The third-order valence-electron chi connectivity index (χ3n) is 3.02. The van der Waals surface area contributed by atoms with Crippen LogP contribution < -0.4 is 5.32 Å². The van der Waals surface area contributed by atoms with E-state index in [1.165, 1.54) is 23.6 Å². The van der Waals surface area contributed by atoms with Crippen LogP contribution in [0, 0.1) is 0 Å². The van der Waals surface area contributed by atoms with Crippen molar-refractivity contribution >= 4 is 23.6 Å². The number of benzene rings is 1. The second-order valence-corrected chi connectivity index (χ2v) is 5.65. The maximum absolute atomic E-state index is 12.1. The number of rotatable bonds is 7. The van der Waals surface area contributed by atoms with Gasteiger partial charge in [0.25, 0.3) is 0 Å². The number of carbonyl (C=O) groups excluding carboxylic acids is 2. The summed E-state index contributed by atoms with van der Waals surface area (Å²) in [4.78, 5) is 23.9. The number of hydrogen-bond acceptors (Lipinski definition) is 7. The van der Waals surface area contributed by atoms with E-state index >= 15 is 0 Å². The van der Waals surface area contributed by atoms with Gasteiger partial charge >= 0.3 is 5.97 Å². The van der Waals surface area contributed by atoms with Crippen molar-refractivity contribution in [2.45, 2.75) is 17.6 Å². The number of methoxy groups -OCH3 is 1. The molecule has 23 heavy (non-hydrogen) atoms. The lowest BCUT2D eigenvalue weighted by atomic mass is 10.1. The summed E-state index contributed by atoms with van der Waals surface area (Å²) in [6.45, 7) is 0. The molecule has 0 saturated carbocycles. The number of amides is 1. The van der Waals surface area contributed by atoms with Crippen LogP contribution in [0.3, 0.4) is 0 Å². The first-order valence-corrected chi connectivity index (χ1v) is 7.85. The highest BCUT2D eigenvalue weighted by molar-refractivity contribution is 7.99. The van der Waals surface area contributed by atoms with Crippen LogP contribution in [0.5, 0.6) is 0 Å². The lowest BCUT2D eigenvalue weighted by Gasteiger charge is -2.16. The predicted molar refractivity (Wildman–Crippen MR) is 83.6 cm³/mol. The molecule has 0 aliphatic heterocycles. The largest absolute Gasteiger partial charge is 0.467 e. The van der Waals surface area contributed by atoms with Crippen molar-refractivity contribution in [2.75, 3.05) is 12.9 Å². The van der Waals surface area contributed by atoms with Crippen LogP contribution in [0.1, 0.15) is 5.56 Å². The predicted octanol–water partition coefficient (Wildman–Crippen LogP) is 0.203. The van der Waals surface area contributed by atoms with Crippen LogP contribution in [-0.4, -0.2) is 51.0 Å². The average Bonchev–Trinajstić information content (AvgIpc) is 2.97. The van der Waals surface area contributed by atoms with Gasteiger partial charge in [0.2, 0.25) is 11.1 Å². The van der Waals surface area contributed by atoms with Gasteiger partial charge in [-0.2, -0.15) is 0 Å². The molecule has 0 fully saturated rings. The van der Waals surface area contributed by atoms with Crippen molar-refractivity contribution in [1.29, 1.82) is 0 Å². The van der Waals surface area contributed by atoms with Crippen LogP contribution >= 0.6 is 11.8 Å². The standard InChI is InChI=1S/C14H17N5O3S/c1-19-14(16-17-18-19)23-9-12(20)15-11(13(21)22-2)8-10-6-4-3-5-7-10/h3-7,11H,8-9H2,1-2H3,(H,15,20)/t11-/m1/s1. The molecule has 0 unspecified atom stereocenters. The minimum absolute atomic E-state index is 0.108. The molecule has 1 aromatic carbocycles. The molecule has 1 N–H and O–H groups in total. The first-order chi connectivity index (χ1) is 11.1. The van der Waals surface area contributed by atoms with Crippen molar-refractivity contribution in [1.82, 2.24) is 25.5 Å². The monoisotopic (exact) mass is 335 g/mol. The van der Waals surface area contributed by atoms with Crippen molar-refractivity contribution in [3.05, 3.63) is 35.9 Å². The Hall–Kier alpha value is -2.42. The molecule has 0 radical (unpaired) electrons. The minimum atomic E-state index is -0.729. The molecule has 0 saturated heterocycles. The van der Waals surface area contributed by atoms with Gasteiger partial charge in [0, 0.05) is 13.5 Å². The van der Waals surface area contributed by atoms with Gasteiger partial charge < -0.3 is 10.1 Å². The number of tetrazole rings is 1. The highest BCUT2D eigenvalue weighted by Gasteiger charge is 2.22. The Bertz CT molecular complexity index is 661. The molecular weight excluding hydrogens is 318 g/mol. The van der Waals surface area contributed by atoms with E-state index in [2.05, 4.69) is 20.8 Å². The van der Waals surface area contributed by atoms with E-state index in [1.54, 1.807) is 7.05 Å². The molecule has 1 heterocycles. The zero-order valence-electron chi connectivity index (χ0n) is 12.8. The summed E-state index contributed by atoms with van der Waals surface area (Å²) >= 11 is 1.19. The fourth-order valence-electron chi connectivity index (χ4n) is 1.89. The summed E-state index contributed by atoms with van der Waals surface area (Å²) in [5.74, 6) is -0.659. The molecule has 2 aromatic rings. The molecule has 0 aliphatic carbocycles. The highest BCUT2D eigenvalue weighted by Crippen LogP contribution is 2.12. The number of nitrogens with zero attached hydrogens (tertiary/aromatic N) is 4. The Morgan fingerprint density at radius 3 is 2.70 bits per heavy atom. The molecule has 8 nitrogen and oxygen atoms in total. The number of thioether (sulfide) groups is 1. The molecule has 9 heteroatoms. The number of carbonyl (C=O) groups is 2. The van der Waals surface area contributed by atoms with Crippen molar-refractivity contribution < 1.29 is 14.3 Å².